The van der Waals surface area contributed by atoms with Gasteiger partial charge in [-0.15, -0.1) is 0 Å². The highest BCUT2D eigenvalue weighted by atomic mass is 79.9. The van der Waals surface area contributed by atoms with E-state index in [0.29, 0.717) is 33.5 Å². The van der Waals surface area contributed by atoms with Crippen LogP contribution in [0.1, 0.15) is 10.5 Å². The van der Waals surface area contributed by atoms with Crippen molar-refractivity contribution in [3.05, 3.63) is 58.4 Å². The number of nitrogens with two attached hydrogens (primary N) is 1. The molecule has 1 heterocycles. The van der Waals surface area contributed by atoms with Gasteiger partial charge in [0.2, 0.25) is 0 Å². The third-order valence-electron chi connectivity index (χ3n) is 3.37. The van der Waals surface area contributed by atoms with Crippen LogP contribution >= 0.6 is 27.9 Å². The first kappa shape index (κ1) is 18.6. The van der Waals surface area contributed by atoms with Gasteiger partial charge in [0.15, 0.2) is 11.5 Å². The summed E-state index contributed by atoms with van der Waals surface area (Å²) in [6.45, 7) is 0.635. The van der Waals surface area contributed by atoms with Crippen molar-refractivity contribution < 1.29 is 9.18 Å². The molecule has 0 spiro atoms. The van der Waals surface area contributed by atoms with E-state index >= 15 is 0 Å². The van der Waals surface area contributed by atoms with E-state index in [-0.39, 0.29) is 17.3 Å². The average molecular weight is 436 g/mol. The van der Waals surface area contributed by atoms with Crippen molar-refractivity contribution >= 4 is 50.6 Å². The van der Waals surface area contributed by atoms with Gasteiger partial charge in [-0.25, -0.2) is 14.4 Å². The van der Waals surface area contributed by atoms with Crippen LogP contribution in [0.15, 0.2) is 51.8 Å². The zero-order valence-electron chi connectivity index (χ0n) is 13.5. The first-order chi connectivity index (χ1) is 12.6. The minimum absolute atomic E-state index is 0.127. The maximum atomic E-state index is 14.0. The van der Waals surface area contributed by atoms with E-state index in [0.717, 1.165) is 11.9 Å². The molecule has 0 bridgehead atoms. The highest BCUT2D eigenvalue weighted by Gasteiger charge is 2.17. The lowest BCUT2D eigenvalue weighted by Crippen LogP contribution is -2.30. The lowest BCUT2D eigenvalue weighted by Gasteiger charge is -2.11. The molecule has 0 aliphatic heterocycles. The Morgan fingerprint density at radius 1 is 1.19 bits per heavy atom. The molecule has 9 heteroatoms. The summed E-state index contributed by atoms with van der Waals surface area (Å²) < 4.78 is 17.6. The summed E-state index contributed by atoms with van der Waals surface area (Å²) >= 11 is 4.24. The number of hydrogen-bond acceptors (Lipinski definition) is 6. The molecule has 0 saturated carbocycles. The predicted molar refractivity (Wildman–Crippen MR) is 105 cm³/mol. The smallest absolute Gasteiger partial charge is 0.273 e. The minimum atomic E-state index is -0.395. The molecule has 26 heavy (non-hydrogen) atoms. The lowest BCUT2D eigenvalue weighted by atomic mass is 10.2. The van der Waals surface area contributed by atoms with Crippen molar-refractivity contribution in [1.82, 2.24) is 15.3 Å². The molecule has 1 aromatic heterocycles. The van der Waals surface area contributed by atoms with Crippen LogP contribution in [0.25, 0.3) is 11.0 Å². The molecule has 0 atom stereocenters. The van der Waals surface area contributed by atoms with Crippen molar-refractivity contribution in [3.63, 3.8) is 0 Å². The highest BCUT2D eigenvalue weighted by molar-refractivity contribution is 9.10. The Labute approximate surface area is 162 Å². The summed E-state index contributed by atoms with van der Waals surface area (Å²) in [4.78, 5) is 21.6. The largest absolute Gasteiger partial charge is 0.349 e. The van der Waals surface area contributed by atoms with Crippen molar-refractivity contribution in [2.45, 2.75) is 4.90 Å². The van der Waals surface area contributed by atoms with Gasteiger partial charge in [-0.2, -0.15) is 0 Å². The number of hydrogen-bond donors (Lipinski definition) is 3. The van der Waals surface area contributed by atoms with Gasteiger partial charge in [0.1, 0.15) is 5.82 Å². The Morgan fingerprint density at radius 3 is 2.62 bits per heavy atom. The SMILES string of the molecule is NCCNC(=O)c1nc2ccccc2nc1NSc1ccc(Br)cc1F. The molecule has 1 amide bonds. The number of rotatable bonds is 6. The molecular formula is C17H15BrFN5OS. The predicted octanol–water partition coefficient (Wildman–Crippen LogP) is 3.34. The standard InChI is InChI=1S/C17H15BrFN5OS/c18-10-5-6-14(11(19)9-10)26-24-16-15(17(25)21-8-7-20)22-12-3-1-2-4-13(12)23-16/h1-6,9H,7-8,20H2,(H,21,25)(H,23,24). The monoisotopic (exact) mass is 435 g/mol. The fraction of sp³-hybridized carbons (Fsp3) is 0.118. The van der Waals surface area contributed by atoms with Gasteiger partial charge in [0.05, 0.1) is 15.9 Å². The van der Waals surface area contributed by atoms with E-state index < -0.39 is 5.91 Å². The molecule has 134 valence electrons. The number of nitrogens with zero attached hydrogens (tertiary/aromatic N) is 2. The molecule has 4 N–H and O–H groups in total. The van der Waals surface area contributed by atoms with Gasteiger partial charge in [-0.3, -0.25) is 4.79 Å². The lowest BCUT2D eigenvalue weighted by molar-refractivity contribution is 0.0951. The Kier molecular flexibility index (Phi) is 6.02. The van der Waals surface area contributed by atoms with Gasteiger partial charge < -0.3 is 15.8 Å². The number of aromatic nitrogens is 2. The van der Waals surface area contributed by atoms with E-state index in [1.807, 2.05) is 12.1 Å². The molecule has 0 aliphatic rings. The zero-order valence-corrected chi connectivity index (χ0v) is 15.9. The maximum Gasteiger partial charge on any atom is 0.273 e. The van der Waals surface area contributed by atoms with Gasteiger partial charge in [-0.05, 0) is 42.3 Å². The number of benzene rings is 2. The number of carbonyl (C=O) groups is 1. The number of fused-ring (bicyclic) bond motifs is 1. The summed E-state index contributed by atoms with van der Waals surface area (Å²) in [5.41, 5.74) is 6.78. The number of carbonyl (C=O) groups excluding carboxylic acids is 1. The van der Waals surface area contributed by atoms with Gasteiger partial charge in [0.25, 0.3) is 5.91 Å². The third-order valence-corrected chi connectivity index (χ3v) is 4.71. The molecule has 2 aromatic carbocycles. The second-order valence-electron chi connectivity index (χ2n) is 5.23. The number of amides is 1. The van der Waals surface area contributed by atoms with Crippen molar-refractivity contribution in [1.29, 1.82) is 0 Å². The van der Waals surface area contributed by atoms with E-state index in [1.165, 1.54) is 6.07 Å². The van der Waals surface area contributed by atoms with Gasteiger partial charge in [0, 0.05) is 17.6 Å². The molecule has 0 radical (unpaired) electrons. The summed E-state index contributed by atoms with van der Waals surface area (Å²) in [7, 11) is 0. The minimum Gasteiger partial charge on any atom is -0.349 e. The Bertz CT molecular complexity index is 956. The van der Waals surface area contributed by atoms with Crippen LogP contribution in [-0.4, -0.2) is 29.0 Å². The van der Waals surface area contributed by atoms with Crippen LogP contribution < -0.4 is 15.8 Å². The first-order valence-electron chi connectivity index (χ1n) is 7.71. The van der Waals surface area contributed by atoms with Crippen molar-refractivity contribution in [2.75, 3.05) is 17.8 Å². The van der Waals surface area contributed by atoms with E-state index in [1.54, 1.807) is 24.3 Å². The van der Waals surface area contributed by atoms with E-state index in [2.05, 4.69) is 35.9 Å². The third kappa shape index (κ3) is 4.29. The van der Waals surface area contributed by atoms with Crippen LogP contribution in [0.3, 0.4) is 0 Å². The van der Waals surface area contributed by atoms with Gasteiger partial charge in [-0.1, -0.05) is 28.1 Å². The fourth-order valence-electron chi connectivity index (χ4n) is 2.16. The van der Waals surface area contributed by atoms with Crippen LogP contribution in [0.4, 0.5) is 10.2 Å². The summed E-state index contributed by atoms with van der Waals surface area (Å²) in [6.07, 6.45) is 0. The number of nitrogens with one attached hydrogen (secondary N) is 2. The van der Waals surface area contributed by atoms with Crippen molar-refractivity contribution in [2.24, 2.45) is 5.73 Å². The van der Waals surface area contributed by atoms with Crippen LogP contribution in [0, 0.1) is 5.82 Å². The highest BCUT2D eigenvalue weighted by Crippen LogP contribution is 2.27. The van der Waals surface area contributed by atoms with Gasteiger partial charge >= 0.3 is 0 Å². The molecular weight excluding hydrogens is 421 g/mol. The summed E-state index contributed by atoms with van der Waals surface area (Å²) in [5.74, 6) is -0.529. The van der Waals surface area contributed by atoms with Crippen LogP contribution in [0.5, 0.6) is 0 Å². The second kappa shape index (κ2) is 8.43. The summed E-state index contributed by atoms with van der Waals surface area (Å²) in [6, 6.07) is 11.9. The van der Waals surface area contributed by atoms with Crippen molar-refractivity contribution in [3.8, 4) is 0 Å². The van der Waals surface area contributed by atoms with Crippen LogP contribution in [-0.2, 0) is 0 Å². The number of anilines is 1. The summed E-state index contributed by atoms with van der Waals surface area (Å²) in [5, 5.41) is 2.67. The topological polar surface area (TPSA) is 92.9 Å². The zero-order chi connectivity index (χ0) is 18.5. The molecule has 3 rings (SSSR count). The fourth-order valence-corrected chi connectivity index (χ4v) is 3.13. The Balaban J connectivity index is 1.92. The molecule has 3 aromatic rings. The molecule has 0 unspecified atom stereocenters. The first-order valence-corrected chi connectivity index (χ1v) is 9.32. The Morgan fingerprint density at radius 2 is 1.92 bits per heavy atom. The molecule has 0 aliphatic carbocycles. The number of para-hydroxylation sites is 2. The average Bonchev–Trinajstić information content (AvgIpc) is 2.64. The van der Waals surface area contributed by atoms with Crippen LogP contribution in [0.2, 0.25) is 0 Å². The van der Waals surface area contributed by atoms with E-state index in [4.69, 9.17) is 5.73 Å². The normalized spacial score (nSPS) is 10.7. The molecule has 6 nitrogen and oxygen atoms in total. The molecule has 0 fully saturated rings. The molecule has 0 saturated heterocycles. The quantitative estimate of drug-likeness (QED) is 0.514. The van der Waals surface area contributed by atoms with E-state index in [9.17, 15) is 9.18 Å². The number of halogens is 2. The second-order valence-corrected chi connectivity index (χ2v) is 7.00. The maximum absolute atomic E-state index is 14.0. The Hall–Kier alpha value is -2.23.